The van der Waals surface area contributed by atoms with E-state index in [4.69, 9.17) is 14.2 Å². The van der Waals surface area contributed by atoms with Crippen LogP contribution in [0.2, 0.25) is 0 Å². The number of carbonyl (C=O) groups excluding carboxylic acids is 2. The first-order valence-electron chi connectivity index (χ1n) is 8.90. The lowest BCUT2D eigenvalue weighted by Gasteiger charge is -2.25. The average molecular weight is 386 g/mol. The van der Waals surface area contributed by atoms with Gasteiger partial charge in [-0.05, 0) is 36.8 Å². The van der Waals surface area contributed by atoms with Crippen LogP contribution in [0.15, 0.2) is 42.5 Å². The van der Waals surface area contributed by atoms with Gasteiger partial charge in [0.25, 0.3) is 5.91 Å². The molecule has 4 rings (SSSR count). The Kier molecular flexibility index (Phi) is 4.54. The molecule has 0 saturated carbocycles. The smallest absolute Gasteiger partial charge is 0.325 e. The Morgan fingerprint density at radius 2 is 1.89 bits per heavy atom. The number of urea groups is 1. The summed E-state index contributed by atoms with van der Waals surface area (Å²) in [7, 11) is 0. The number of para-hydroxylation sites is 1. The lowest BCUT2D eigenvalue weighted by molar-refractivity contribution is -0.131. The second-order valence-corrected chi connectivity index (χ2v) is 6.65. The van der Waals surface area contributed by atoms with Crippen LogP contribution in [0, 0.1) is 5.82 Å². The third-order valence-electron chi connectivity index (χ3n) is 4.80. The number of halogens is 1. The summed E-state index contributed by atoms with van der Waals surface area (Å²) < 4.78 is 30.0. The molecular weight excluding hydrogens is 367 g/mol. The largest absolute Gasteiger partial charge is 0.489 e. The number of fused-ring (bicyclic) bond motifs is 1. The third-order valence-corrected chi connectivity index (χ3v) is 4.80. The quantitative estimate of drug-likeness (QED) is 0.799. The van der Waals surface area contributed by atoms with Crippen LogP contribution in [0.4, 0.5) is 9.18 Å². The minimum atomic E-state index is -1.23. The fraction of sp³-hybridized carbons (Fsp3) is 0.300. The molecule has 2 aliphatic rings. The van der Waals surface area contributed by atoms with E-state index in [1.54, 1.807) is 37.3 Å². The summed E-state index contributed by atoms with van der Waals surface area (Å²) >= 11 is 0. The lowest BCUT2D eigenvalue weighted by atomic mass is 9.91. The third kappa shape index (κ3) is 3.11. The number of nitrogens with one attached hydrogen (secondary N) is 1. The maximum Gasteiger partial charge on any atom is 0.325 e. The predicted octanol–water partition coefficient (Wildman–Crippen LogP) is 2.44. The molecule has 0 aromatic heterocycles. The maximum absolute atomic E-state index is 13.6. The number of hydrogen-bond acceptors (Lipinski definition) is 5. The Hall–Kier alpha value is -3.29. The highest BCUT2D eigenvalue weighted by molar-refractivity contribution is 6.07. The van der Waals surface area contributed by atoms with E-state index in [2.05, 4.69) is 5.32 Å². The zero-order valence-corrected chi connectivity index (χ0v) is 15.2. The Morgan fingerprint density at radius 1 is 1.14 bits per heavy atom. The van der Waals surface area contributed by atoms with Crippen molar-refractivity contribution in [2.75, 3.05) is 26.4 Å². The molecule has 8 heteroatoms. The zero-order valence-electron chi connectivity index (χ0n) is 15.2. The Morgan fingerprint density at radius 3 is 2.68 bits per heavy atom. The van der Waals surface area contributed by atoms with Gasteiger partial charge < -0.3 is 19.5 Å². The van der Waals surface area contributed by atoms with Crippen LogP contribution in [-0.4, -0.2) is 43.2 Å². The molecule has 2 aliphatic heterocycles. The average Bonchev–Trinajstić information content (AvgIpc) is 2.93. The summed E-state index contributed by atoms with van der Waals surface area (Å²) in [5, 5.41) is 2.72. The van der Waals surface area contributed by atoms with E-state index in [0.717, 1.165) is 4.90 Å². The molecular formula is C20H19FN2O5. The van der Waals surface area contributed by atoms with Crippen molar-refractivity contribution in [3.63, 3.8) is 0 Å². The standard InChI is InChI=1S/C20H19FN2O5/c1-20(13-6-7-16-17(12-13)28-11-10-27-16)18(24)23(19(25)22-20)8-9-26-15-5-3-2-4-14(15)21/h2-7,12H,8-11H2,1H3,(H,22,25)/t20-/m1/s1. The normalized spacial score (nSPS) is 20.9. The van der Waals surface area contributed by atoms with Gasteiger partial charge in [0, 0.05) is 0 Å². The summed E-state index contributed by atoms with van der Waals surface area (Å²) in [5.74, 6) is 0.301. The van der Waals surface area contributed by atoms with Gasteiger partial charge >= 0.3 is 6.03 Å². The van der Waals surface area contributed by atoms with Gasteiger partial charge in [-0.25, -0.2) is 9.18 Å². The maximum atomic E-state index is 13.6. The lowest BCUT2D eigenvalue weighted by Crippen LogP contribution is -2.41. The first-order chi connectivity index (χ1) is 13.5. The molecule has 3 amide bonds. The molecule has 0 radical (unpaired) electrons. The molecule has 0 spiro atoms. The van der Waals surface area contributed by atoms with Gasteiger partial charge in [-0.1, -0.05) is 18.2 Å². The van der Waals surface area contributed by atoms with Crippen LogP contribution >= 0.6 is 0 Å². The second kappa shape index (κ2) is 7.03. The highest BCUT2D eigenvalue weighted by Gasteiger charge is 2.49. The van der Waals surface area contributed by atoms with Crippen molar-refractivity contribution < 1.29 is 28.2 Å². The highest BCUT2D eigenvalue weighted by atomic mass is 19.1. The van der Waals surface area contributed by atoms with E-state index in [1.807, 2.05) is 0 Å². The number of hydrogen-bond donors (Lipinski definition) is 1. The van der Waals surface area contributed by atoms with Crippen molar-refractivity contribution >= 4 is 11.9 Å². The summed E-state index contributed by atoms with van der Waals surface area (Å²) in [6.07, 6.45) is 0. The molecule has 1 atom stereocenters. The number of imide groups is 1. The van der Waals surface area contributed by atoms with E-state index in [9.17, 15) is 14.0 Å². The molecule has 0 aliphatic carbocycles. The van der Waals surface area contributed by atoms with Gasteiger partial charge in [0.1, 0.15) is 25.4 Å². The van der Waals surface area contributed by atoms with Crippen molar-refractivity contribution in [3.8, 4) is 17.2 Å². The van der Waals surface area contributed by atoms with E-state index in [0.29, 0.717) is 30.3 Å². The van der Waals surface area contributed by atoms with Gasteiger partial charge in [0.05, 0.1) is 6.54 Å². The number of rotatable bonds is 5. The summed E-state index contributed by atoms with van der Waals surface area (Å²) in [4.78, 5) is 26.4. The van der Waals surface area contributed by atoms with E-state index >= 15 is 0 Å². The number of benzene rings is 2. The molecule has 28 heavy (non-hydrogen) atoms. The van der Waals surface area contributed by atoms with Crippen molar-refractivity contribution in [1.82, 2.24) is 10.2 Å². The topological polar surface area (TPSA) is 77.1 Å². The highest BCUT2D eigenvalue weighted by Crippen LogP contribution is 2.36. The van der Waals surface area contributed by atoms with Crippen LogP contribution in [0.25, 0.3) is 0 Å². The molecule has 2 heterocycles. The molecule has 2 aromatic carbocycles. The van der Waals surface area contributed by atoms with Crippen LogP contribution in [-0.2, 0) is 10.3 Å². The summed E-state index contributed by atoms with van der Waals surface area (Å²) in [5.41, 5.74) is -0.641. The molecule has 2 aromatic rings. The molecule has 0 bridgehead atoms. The van der Waals surface area contributed by atoms with E-state index in [-0.39, 0.29) is 18.9 Å². The van der Waals surface area contributed by atoms with Crippen molar-refractivity contribution in [2.45, 2.75) is 12.5 Å². The SMILES string of the molecule is C[C@]1(c2ccc3c(c2)OCCO3)NC(=O)N(CCOc2ccccc2F)C1=O. The number of ether oxygens (including phenoxy) is 3. The minimum Gasteiger partial charge on any atom is -0.489 e. The van der Waals surface area contributed by atoms with Gasteiger partial charge in [-0.3, -0.25) is 9.69 Å². The Balaban J connectivity index is 1.48. The fourth-order valence-corrected chi connectivity index (χ4v) is 3.26. The molecule has 7 nitrogen and oxygen atoms in total. The first-order valence-corrected chi connectivity index (χ1v) is 8.90. The van der Waals surface area contributed by atoms with Crippen molar-refractivity contribution in [3.05, 3.63) is 53.8 Å². The number of amides is 3. The van der Waals surface area contributed by atoms with Crippen molar-refractivity contribution in [1.29, 1.82) is 0 Å². The molecule has 146 valence electrons. The van der Waals surface area contributed by atoms with Gasteiger partial charge in [0.15, 0.2) is 23.1 Å². The summed E-state index contributed by atoms with van der Waals surface area (Å²) in [6.45, 7) is 2.51. The van der Waals surface area contributed by atoms with E-state index < -0.39 is 23.3 Å². The van der Waals surface area contributed by atoms with Crippen LogP contribution in [0.5, 0.6) is 17.2 Å². The molecule has 0 unspecified atom stereocenters. The van der Waals surface area contributed by atoms with Crippen LogP contribution in [0.1, 0.15) is 12.5 Å². The molecule has 1 N–H and O–H groups in total. The van der Waals surface area contributed by atoms with Gasteiger partial charge in [-0.2, -0.15) is 0 Å². The monoisotopic (exact) mass is 386 g/mol. The molecule has 1 fully saturated rings. The van der Waals surface area contributed by atoms with E-state index in [1.165, 1.54) is 12.1 Å². The summed E-state index contributed by atoms with van der Waals surface area (Å²) in [6, 6.07) is 10.6. The van der Waals surface area contributed by atoms with Crippen molar-refractivity contribution in [2.24, 2.45) is 0 Å². The van der Waals surface area contributed by atoms with Gasteiger partial charge in [-0.15, -0.1) is 0 Å². The number of nitrogens with zero attached hydrogens (tertiary/aromatic N) is 1. The fourth-order valence-electron chi connectivity index (χ4n) is 3.26. The first kappa shape index (κ1) is 18.1. The Labute approximate surface area is 161 Å². The minimum absolute atomic E-state index is 0.000850. The van der Waals surface area contributed by atoms with Gasteiger partial charge in [0.2, 0.25) is 0 Å². The molecule has 1 saturated heterocycles. The second-order valence-electron chi connectivity index (χ2n) is 6.65. The zero-order chi connectivity index (χ0) is 19.7. The van der Waals surface area contributed by atoms with Crippen LogP contribution in [0.3, 0.4) is 0 Å². The van der Waals surface area contributed by atoms with Crippen LogP contribution < -0.4 is 19.5 Å². The predicted molar refractivity (Wildman–Crippen MR) is 96.9 cm³/mol. The Bertz CT molecular complexity index is 935. The number of carbonyl (C=O) groups is 2.